The van der Waals surface area contributed by atoms with Gasteiger partial charge < -0.3 is 15.1 Å². The molecule has 2 heterocycles. The zero-order chi connectivity index (χ0) is 15.7. The summed E-state index contributed by atoms with van der Waals surface area (Å²) in [6, 6.07) is 5.90. The standard InChI is InChI=1S/C17H23N3O2/c1-17(2,3)16-20-13-9-12(6-7-14(13)22-16)19-15(21)10-11-5-4-8-18-11/h6-7,9,11,18H,4-5,8,10H2,1-3H3,(H,19,21). The fraction of sp³-hybridized carbons (Fsp3) is 0.529. The highest BCUT2D eigenvalue weighted by molar-refractivity contribution is 5.93. The highest BCUT2D eigenvalue weighted by atomic mass is 16.3. The first-order valence-corrected chi connectivity index (χ1v) is 7.86. The fourth-order valence-electron chi connectivity index (χ4n) is 2.69. The molecular formula is C17H23N3O2. The molecule has 1 aromatic heterocycles. The van der Waals surface area contributed by atoms with Gasteiger partial charge in [0.2, 0.25) is 11.8 Å². The summed E-state index contributed by atoms with van der Waals surface area (Å²) >= 11 is 0. The Labute approximate surface area is 130 Å². The zero-order valence-corrected chi connectivity index (χ0v) is 13.4. The Morgan fingerprint density at radius 1 is 1.45 bits per heavy atom. The second kappa shape index (κ2) is 5.72. The topological polar surface area (TPSA) is 67.2 Å². The van der Waals surface area contributed by atoms with Crippen LogP contribution in [0.2, 0.25) is 0 Å². The van der Waals surface area contributed by atoms with Gasteiger partial charge in [-0.25, -0.2) is 4.98 Å². The number of aromatic nitrogens is 1. The highest BCUT2D eigenvalue weighted by Crippen LogP contribution is 2.27. The number of anilines is 1. The molecule has 22 heavy (non-hydrogen) atoms. The Morgan fingerprint density at radius 2 is 2.27 bits per heavy atom. The summed E-state index contributed by atoms with van der Waals surface area (Å²) in [5, 5.41) is 6.28. The molecule has 1 amide bonds. The number of oxazole rings is 1. The minimum absolute atomic E-state index is 0.0401. The molecule has 1 fully saturated rings. The Morgan fingerprint density at radius 3 is 2.95 bits per heavy atom. The molecule has 1 unspecified atom stereocenters. The van der Waals surface area contributed by atoms with Crippen LogP contribution in [0, 0.1) is 0 Å². The molecule has 0 spiro atoms. The average molecular weight is 301 g/mol. The Bertz CT molecular complexity index is 679. The van der Waals surface area contributed by atoms with Gasteiger partial charge in [0.05, 0.1) is 0 Å². The lowest BCUT2D eigenvalue weighted by Crippen LogP contribution is -2.27. The van der Waals surface area contributed by atoms with Crippen LogP contribution >= 0.6 is 0 Å². The number of carbonyl (C=O) groups excluding carboxylic acids is 1. The normalized spacial score (nSPS) is 18.8. The van der Waals surface area contributed by atoms with E-state index in [-0.39, 0.29) is 11.3 Å². The van der Waals surface area contributed by atoms with Gasteiger partial charge >= 0.3 is 0 Å². The van der Waals surface area contributed by atoms with Gasteiger partial charge in [0.15, 0.2) is 5.58 Å². The van der Waals surface area contributed by atoms with Crippen LogP contribution in [-0.2, 0) is 10.2 Å². The van der Waals surface area contributed by atoms with Crippen LogP contribution in [0.5, 0.6) is 0 Å². The minimum Gasteiger partial charge on any atom is -0.440 e. The van der Waals surface area contributed by atoms with Crippen LogP contribution in [0.15, 0.2) is 22.6 Å². The number of nitrogens with zero attached hydrogens (tertiary/aromatic N) is 1. The van der Waals surface area contributed by atoms with Crippen LogP contribution in [0.4, 0.5) is 5.69 Å². The summed E-state index contributed by atoms with van der Waals surface area (Å²) < 4.78 is 5.77. The Balaban J connectivity index is 1.72. The third kappa shape index (κ3) is 3.30. The predicted molar refractivity (Wildman–Crippen MR) is 87.0 cm³/mol. The van der Waals surface area contributed by atoms with Gasteiger partial charge in [0, 0.05) is 23.6 Å². The van der Waals surface area contributed by atoms with Crippen molar-refractivity contribution < 1.29 is 9.21 Å². The van der Waals surface area contributed by atoms with Gasteiger partial charge in [0.1, 0.15) is 5.52 Å². The largest absolute Gasteiger partial charge is 0.440 e. The summed E-state index contributed by atoms with van der Waals surface area (Å²) in [7, 11) is 0. The molecule has 3 rings (SSSR count). The second-order valence-electron chi connectivity index (χ2n) is 7.00. The van der Waals surface area contributed by atoms with Crippen LogP contribution in [0.25, 0.3) is 11.1 Å². The maximum atomic E-state index is 12.1. The smallest absolute Gasteiger partial charge is 0.225 e. The molecule has 0 radical (unpaired) electrons. The lowest BCUT2D eigenvalue weighted by Gasteiger charge is -2.11. The SMILES string of the molecule is CC(C)(C)c1nc2cc(NC(=O)CC3CCCN3)ccc2o1. The summed E-state index contributed by atoms with van der Waals surface area (Å²) in [6.07, 6.45) is 2.74. The van der Waals surface area contributed by atoms with E-state index in [0.717, 1.165) is 36.2 Å². The average Bonchev–Trinajstić information content (AvgIpc) is 3.06. The molecule has 1 aliphatic heterocycles. The molecule has 1 aromatic carbocycles. The van der Waals surface area contributed by atoms with E-state index in [2.05, 4.69) is 36.4 Å². The van der Waals surface area contributed by atoms with Crippen LogP contribution in [0.1, 0.15) is 45.9 Å². The van der Waals surface area contributed by atoms with Crippen molar-refractivity contribution in [3.63, 3.8) is 0 Å². The van der Waals surface area contributed by atoms with Crippen LogP contribution in [0.3, 0.4) is 0 Å². The monoisotopic (exact) mass is 301 g/mol. The van der Waals surface area contributed by atoms with Crippen molar-refractivity contribution >= 4 is 22.7 Å². The van der Waals surface area contributed by atoms with E-state index in [9.17, 15) is 4.79 Å². The quantitative estimate of drug-likeness (QED) is 0.913. The molecule has 0 bridgehead atoms. The molecule has 1 atom stereocenters. The fourth-order valence-corrected chi connectivity index (χ4v) is 2.69. The first kappa shape index (κ1) is 15.0. The zero-order valence-electron chi connectivity index (χ0n) is 13.4. The van der Waals surface area contributed by atoms with E-state index in [0.29, 0.717) is 18.4 Å². The second-order valence-corrected chi connectivity index (χ2v) is 7.00. The van der Waals surface area contributed by atoms with Gasteiger partial charge in [-0.15, -0.1) is 0 Å². The van der Waals surface area contributed by atoms with Crippen molar-refractivity contribution in [2.75, 3.05) is 11.9 Å². The van der Waals surface area contributed by atoms with Crippen molar-refractivity contribution in [3.8, 4) is 0 Å². The maximum absolute atomic E-state index is 12.1. The summed E-state index contributed by atoms with van der Waals surface area (Å²) in [4.78, 5) is 16.6. The van der Waals surface area contributed by atoms with E-state index in [1.165, 1.54) is 0 Å². The number of hydrogen-bond donors (Lipinski definition) is 2. The van der Waals surface area contributed by atoms with Gasteiger partial charge in [-0.1, -0.05) is 20.8 Å². The molecule has 1 saturated heterocycles. The summed E-state index contributed by atoms with van der Waals surface area (Å²) in [6.45, 7) is 7.21. The Hall–Kier alpha value is -1.88. The lowest BCUT2D eigenvalue weighted by molar-refractivity contribution is -0.116. The third-order valence-corrected chi connectivity index (χ3v) is 3.91. The molecule has 0 aliphatic carbocycles. The van der Waals surface area contributed by atoms with E-state index in [4.69, 9.17) is 4.42 Å². The van der Waals surface area contributed by atoms with Crippen molar-refractivity contribution in [3.05, 3.63) is 24.1 Å². The molecule has 0 saturated carbocycles. The number of carbonyl (C=O) groups is 1. The molecule has 2 aromatic rings. The Kier molecular flexibility index (Phi) is 3.91. The van der Waals surface area contributed by atoms with Gasteiger partial charge in [0.25, 0.3) is 0 Å². The number of nitrogens with one attached hydrogen (secondary N) is 2. The van der Waals surface area contributed by atoms with Gasteiger partial charge in [-0.05, 0) is 37.6 Å². The predicted octanol–water partition coefficient (Wildman–Crippen LogP) is 3.21. The first-order chi connectivity index (χ1) is 10.4. The van der Waals surface area contributed by atoms with Crippen LogP contribution in [-0.4, -0.2) is 23.5 Å². The molecule has 2 N–H and O–H groups in total. The highest BCUT2D eigenvalue weighted by Gasteiger charge is 2.21. The van der Waals surface area contributed by atoms with E-state index in [1.54, 1.807) is 0 Å². The van der Waals surface area contributed by atoms with Crippen molar-refractivity contribution in [1.82, 2.24) is 10.3 Å². The van der Waals surface area contributed by atoms with Gasteiger partial charge in [-0.3, -0.25) is 4.79 Å². The van der Waals surface area contributed by atoms with E-state index < -0.39 is 0 Å². The van der Waals surface area contributed by atoms with Crippen molar-refractivity contribution in [2.24, 2.45) is 0 Å². The number of amides is 1. The van der Waals surface area contributed by atoms with Gasteiger partial charge in [-0.2, -0.15) is 0 Å². The van der Waals surface area contributed by atoms with Crippen LogP contribution < -0.4 is 10.6 Å². The lowest BCUT2D eigenvalue weighted by atomic mass is 9.97. The first-order valence-electron chi connectivity index (χ1n) is 7.86. The number of rotatable bonds is 3. The van der Waals surface area contributed by atoms with Crippen molar-refractivity contribution in [2.45, 2.75) is 51.5 Å². The number of fused-ring (bicyclic) bond motifs is 1. The number of benzene rings is 1. The molecule has 5 heteroatoms. The molecule has 1 aliphatic rings. The minimum atomic E-state index is -0.128. The number of hydrogen-bond acceptors (Lipinski definition) is 4. The van der Waals surface area contributed by atoms with E-state index >= 15 is 0 Å². The molecule has 118 valence electrons. The third-order valence-electron chi connectivity index (χ3n) is 3.91. The maximum Gasteiger partial charge on any atom is 0.225 e. The van der Waals surface area contributed by atoms with Crippen molar-refractivity contribution in [1.29, 1.82) is 0 Å². The summed E-state index contributed by atoms with van der Waals surface area (Å²) in [5.74, 6) is 0.749. The summed E-state index contributed by atoms with van der Waals surface area (Å²) in [5.41, 5.74) is 2.17. The molecule has 5 nitrogen and oxygen atoms in total. The molecular weight excluding hydrogens is 278 g/mol. The van der Waals surface area contributed by atoms with E-state index in [1.807, 2.05) is 18.2 Å².